The summed E-state index contributed by atoms with van der Waals surface area (Å²) in [4.78, 5) is 18.4. The first-order chi connectivity index (χ1) is 12.3. The van der Waals surface area contributed by atoms with Crippen molar-refractivity contribution in [3.8, 4) is 0 Å². The molecule has 0 saturated carbocycles. The first-order valence-electron chi connectivity index (χ1n) is 9.97. The second-order valence-corrected chi connectivity index (χ2v) is 7.94. The van der Waals surface area contributed by atoms with Gasteiger partial charge in [0.05, 0.1) is 0 Å². The molecular formula is C19H39N5O2. The van der Waals surface area contributed by atoms with Crippen LogP contribution in [0.25, 0.3) is 0 Å². The van der Waals surface area contributed by atoms with Crippen molar-refractivity contribution in [2.75, 3.05) is 39.8 Å². The normalized spacial score (nSPS) is 19.1. The van der Waals surface area contributed by atoms with Crippen LogP contribution in [0.1, 0.15) is 59.8 Å². The molecule has 1 amide bonds. The molecular weight excluding hydrogens is 330 g/mol. The molecule has 0 spiro atoms. The van der Waals surface area contributed by atoms with Crippen LogP contribution in [-0.4, -0.2) is 68.4 Å². The van der Waals surface area contributed by atoms with E-state index in [2.05, 4.69) is 32.8 Å². The fourth-order valence-electron chi connectivity index (χ4n) is 3.02. The maximum Gasteiger partial charge on any atom is 0.407 e. The van der Waals surface area contributed by atoms with Gasteiger partial charge in [-0.2, -0.15) is 0 Å². The minimum absolute atomic E-state index is 0.394. The monoisotopic (exact) mass is 369 g/mol. The van der Waals surface area contributed by atoms with Gasteiger partial charge < -0.3 is 25.6 Å². The quantitative estimate of drug-likeness (QED) is 0.348. The Labute approximate surface area is 159 Å². The number of guanidine groups is 1. The molecule has 26 heavy (non-hydrogen) atoms. The number of carbonyl (C=O) groups is 1. The molecule has 7 heteroatoms. The molecule has 0 aliphatic carbocycles. The maximum absolute atomic E-state index is 11.6. The molecule has 1 rings (SSSR count). The van der Waals surface area contributed by atoms with Crippen LogP contribution in [0.15, 0.2) is 4.99 Å². The first-order valence-corrected chi connectivity index (χ1v) is 9.97. The number of piperidine rings is 1. The minimum atomic E-state index is -0.471. The number of nitrogens with zero attached hydrogens (tertiary/aromatic N) is 2. The molecule has 1 heterocycles. The van der Waals surface area contributed by atoms with E-state index in [-0.39, 0.29) is 0 Å². The molecule has 0 radical (unpaired) electrons. The van der Waals surface area contributed by atoms with Crippen LogP contribution in [-0.2, 0) is 4.74 Å². The lowest BCUT2D eigenvalue weighted by Gasteiger charge is -2.33. The molecule has 1 unspecified atom stereocenters. The Morgan fingerprint density at radius 3 is 2.46 bits per heavy atom. The zero-order chi connectivity index (χ0) is 19.4. The van der Waals surface area contributed by atoms with Crippen molar-refractivity contribution in [3.63, 3.8) is 0 Å². The summed E-state index contributed by atoms with van der Waals surface area (Å²) in [6.07, 6.45) is 6.00. The Hall–Kier alpha value is -1.50. The van der Waals surface area contributed by atoms with E-state index in [1.54, 1.807) is 7.05 Å². The Kier molecular flexibility index (Phi) is 10.4. The third-order valence-corrected chi connectivity index (χ3v) is 4.41. The van der Waals surface area contributed by atoms with Gasteiger partial charge in [-0.3, -0.25) is 4.99 Å². The highest BCUT2D eigenvalue weighted by atomic mass is 16.6. The van der Waals surface area contributed by atoms with E-state index in [1.807, 2.05) is 20.8 Å². The molecule has 1 atom stereocenters. The van der Waals surface area contributed by atoms with Gasteiger partial charge in [0.15, 0.2) is 5.96 Å². The summed E-state index contributed by atoms with van der Waals surface area (Å²) >= 11 is 0. The number of alkyl carbamates (subject to hydrolysis) is 1. The largest absolute Gasteiger partial charge is 0.444 e. The van der Waals surface area contributed by atoms with Gasteiger partial charge in [0.2, 0.25) is 0 Å². The molecule has 1 saturated heterocycles. The van der Waals surface area contributed by atoms with E-state index in [9.17, 15) is 4.79 Å². The number of hydrogen-bond acceptors (Lipinski definition) is 4. The third kappa shape index (κ3) is 10.5. The number of aliphatic imine (C=N–C) groups is 1. The molecule has 0 aromatic rings. The highest BCUT2D eigenvalue weighted by Crippen LogP contribution is 2.16. The molecule has 1 aliphatic heterocycles. The lowest BCUT2D eigenvalue weighted by atomic mass is 10.0. The summed E-state index contributed by atoms with van der Waals surface area (Å²) in [7, 11) is 1.76. The van der Waals surface area contributed by atoms with Crippen molar-refractivity contribution >= 4 is 12.1 Å². The van der Waals surface area contributed by atoms with E-state index >= 15 is 0 Å². The number of ether oxygens (including phenoxy) is 1. The topological polar surface area (TPSA) is 78.0 Å². The molecule has 0 aromatic heterocycles. The second-order valence-electron chi connectivity index (χ2n) is 7.94. The zero-order valence-corrected chi connectivity index (χ0v) is 17.4. The van der Waals surface area contributed by atoms with Crippen LogP contribution in [0, 0.1) is 0 Å². The molecule has 1 aliphatic rings. The number of amides is 1. The van der Waals surface area contributed by atoms with Gasteiger partial charge in [0.25, 0.3) is 0 Å². The van der Waals surface area contributed by atoms with Crippen LogP contribution >= 0.6 is 0 Å². The van der Waals surface area contributed by atoms with Crippen LogP contribution in [0.2, 0.25) is 0 Å². The number of rotatable bonds is 8. The SMILES string of the molecule is CN=C(NCCCCN1CCCCC1C)NCCNC(=O)OC(C)(C)C. The van der Waals surface area contributed by atoms with Gasteiger partial charge >= 0.3 is 6.09 Å². The van der Waals surface area contributed by atoms with Crippen molar-refractivity contribution < 1.29 is 9.53 Å². The first kappa shape index (κ1) is 22.5. The summed E-state index contributed by atoms with van der Waals surface area (Å²) in [5, 5.41) is 9.24. The lowest BCUT2D eigenvalue weighted by molar-refractivity contribution is 0.0529. The van der Waals surface area contributed by atoms with E-state index in [4.69, 9.17) is 4.74 Å². The summed E-state index contributed by atoms with van der Waals surface area (Å²) in [5.41, 5.74) is -0.471. The molecule has 1 fully saturated rings. The number of likely N-dealkylation sites (tertiary alicyclic amines) is 1. The predicted molar refractivity (Wildman–Crippen MR) is 108 cm³/mol. The third-order valence-electron chi connectivity index (χ3n) is 4.41. The zero-order valence-electron chi connectivity index (χ0n) is 17.4. The van der Waals surface area contributed by atoms with Crippen molar-refractivity contribution in [2.24, 2.45) is 4.99 Å². The highest BCUT2D eigenvalue weighted by Gasteiger charge is 2.17. The standard InChI is InChI=1S/C19H39N5O2/c1-16-10-6-8-14-24(16)15-9-7-11-21-17(20-5)22-12-13-23-18(25)26-19(2,3)4/h16H,6-15H2,1-5H3,(H,23,25)(H2,20,21,22). The van der Waals surface area contributed by atoms with Gasteiger partial charge in [-0.25, -0.2) is 4.79 Å². The minimum Gasteiger partial charge on any atom is -0.444 e. The maximum atomic E-state index is 11.6. The van der Waals surface area contributed by atoms with Crippen molar-refractivity contribution in [3.05, 3.63) is 0 Å². The van der Waals surface area contributed by atoms with Crippen LogP contribution < -0.4 is 16.0 Å². The van der Waals surface area contributed by atoms with Gasteiger partial charge in [-0.15, -0.1) is 0 Å². The fourth-order valence-corrected chi connectivity index (χ4v) is 3.02. The van der Waals surface area contributed by atoms with Crippen molar-refractivity contribution in [1.82, 2.24) is 20.9 Å². The second kappa shape index (κ2) is 12.0. The van der Waals surface area contributed by atoms with Crippen LogP contribution in [0.4, 0.5) is 4.79 Å². The van der Waals surface area contributed by atoms with E-state index in [0.29, 0.717) is 13.1 Å². The van der Waals surface area contributed by atoms with Gasteiger partial charge in [-0.1, -0.05) is 6.42 Å². The average molecular weight is 370 g/mol. The summed E-state index contributed by atoms with van der Waals surface area (Å²) in [5.74, 6) is 0.766. The Morgan fingerprint density at radius 1 is 1.12 bits per heavy atom. The van der Waals surface area contributed by atoms with E-state index < -0.39 is 11.7 Å². The van der Waals surface area contributed by atoms with Gasteiger partial charge in [0, 0.05) is 32.7 Å². The molecule has 3 N–H and O–H groups in total. The van der Waals surface area contributed by atoms with Crippen LogP contribution in [0.5, 0.6) is 0 Å². The predicted octanol–water partition coefficient (Wildman–Crippen LogP) is 2.33. The Bertz CT molecular complexity index is 434. The molecule has 7 nitrogen and oxygen atoms in total. The smallest absolute Gasteiger partial charge is 0.407 e. The average Bonchev–Trinajstić information content (AvgIpc) is 2.56. The fraction of sp³-hybridized carbons (Fsp3) is 0.895. The summed E-state index contributed by atoms with van der Waals surface area (Å²) in [6.45, 7) is 12.3. The molecule has 0 aromatic carbocycles. The molecule has 0 bridgehead atoms. The number of nitrogens with one attached hydrogen (secondary N) is 3. The van der Waals surface area contributed by atoms with Crippen molar-refractivity contribution in [2.45, 2.75) is 71.4 Å². The molecule has 152 valence electrons. The van der Waals surface area contributed by atoms with Crippen LogP contribution in [0.3, 0.4) is 0 Å². The Balaban J connectivity index is 2.05. The number of unbranched alkanes of at least 4 members (excludes halogenated alkanes) is 1. The highest BCUT2D eigenvalue weighted by molar-refractivity contribution is 5.79. The van der Waals surface area contributed by atoms with E-state index in [0.717, 1.165) is 25.0 Å². The van der Waals surface area contributed by atoms with Gasteiger partial charge in [0.1, 0.15) is 5.60 Å². The van der Waals surface area contributed by atoms with Crippen molar-refractivity contribution in [1.29, 1.82) is 0 Å². The number of hydrogen-bond donors (Lipinski definition) is 3. The van der Waals surface area contributed by atoms with Gasteiger partial charge in [-0.05, 0) is 66.5 Å². The number of carbonyl (C=O) groups excluding carboxylic acids is 1. The lowest BCUT2D eigenvalue weighted by Crippen LogP contribution is -2.43. The Morgan fingerprint density at radius 2 is 1.81 bits per heavy atom. The summed E-state index contributed by atoms with van der Waals surface area (Å²) in [6, 6.07) is 0.739. The van der Waals surface area contributed by atoms with E-state index in [1.165, 1.54) is 38.8 Å². The summed E-state index contributed by atoms with van der Waals surface area (Å²) < 4.78 is 5.19.